The maximum Gasteiger partial charge on any atom is 0.0469 e. The smallest absolute Gasteiger partial charge is 0.0469 e. The zero-order chi connectivity index (χ0) is 12.3. The number of hydrogen-bond donors (Lipinski definition) is 1. The van der Waals surface area contributed by atoms with Crippen LogP contribution in [0, 0.1) is 5.92 Å². The largest absolute Gasteiger partial charge is 0.315 e. The quantitative estimate of drug-likeness (QED) is 0.843. The summed E-state index contributed by atoms with van der Waals surface area (Å²) < 4.78 is 0. The minimum atomic E-state index is 0.614. The topological polar surface area (TPSA) is 24.9 Å². The van der Waals surface area contributed by atoms with Gasteiger partial charge in [-0.2, -0.15) is 0 Å². The number of nitrogens with one attached hydrogen (secondary N) is 1. The van der Waals surface area contributed by atoms with Crippen molar-refractivity contribution in [2.45, 2.75) is 52.0 Å². The number of nitrogens with zero attached hydrogens (tertiary/aromatic N) is 1. The van der Waals surface area contributed by atoms with Crippen LogP contribution >= 0.6 is 0 Å². The standard InChI is InChI=1S/C15H24N2/c1-4-16-12(3)10-11(2)14-8-7-13-6-5-9-17-15(13)14/h5-6,9,11-12,14,16H,4,7-8,10H2,1-3H3. The van der Waals surface area contributed by atoms with Crippen LogP contribution in [-0.4, -0.2) is 17.6 Å². The molecule has 3 unspecified atom stereocenters. The molecule has 1 aromatic rings. The van der Waals surface area contributed by atoms with Crippen LogP contribution in [0.15, 0.2) is 18.3 Å². The fraction of sp³-hybridized carbons (Fsp3) is 0.667. The number of aromatic nitrogens is 1. The molecule has 17 heavy (non-hydrogen) atoms. The molecule has 0 amide bonds. The summed E-state index contributed by atoms with van der Waals surface area (Å²) in [6, 6.07) is 4.92. The maximum absolute atomic E-state index is 4.59. The predicted molar refractivity (Wildman–Crippen MR) is 72.2 cm³/mol. The Labute approximate surface area is 105 Å². The lowest BCUT2D eigenvalue weighted by atomic mass is 9.87. The fourth-order valence-electron chi connectivity index (χ4n) is 3.15. The van der Waals surface area contributed by atoms with Gasteiger partial charge in [0.05, 0.1) is 0 Å². The fourth-order valence-corrected chi connectivity index (χ4v) is 3.15. The minimum Gasteiger partial charge on any atom is -0.315 e. The second-order valence-corrected chi connectivity index (χ2v) is 5.36. The molecular formula is C15H24N2. The number of rotatable bonds is 5. The minimum absolute atomic E-state index is 0.614. The SMILES string of the molecule is CCNC(C)CC(C)C1CCc2cccnc21. The lowest BCUT2D eigenvalue weighted by molar-refractivity contribution is 0.366. The Morgan fingerprint density at radius 3 is 3.06 bits per heavy atom. The normalized spacial score (nSPS) is 22.2. The van der Waals surface area contributed by atoms with Gasteiger partial charge in [-0.1, -0.05) is 19.9 Å². The summed E-state index contributed by atoms with van der Waals surface area (Å²) in [7, 11) is 0. The van der Waals surface area contributed by atoms with Gasteiger partial charge < -0.3 is 5.32 Å². The molecule has 0 bridgehead atoms. The van der Waals surface area contributed by atoms with E-state index in [0.717, 1.165) is 12.5 Å². The third kappa shape index (κ3) is 2.86. The van der Waals surface area contributed by atoms with Crippen molar-refractivity contribution in [3.8, 4) is 0 Å². The van der Waals surface area contributed by atoms with Gasteiger partial charge in [-0.05, 0) is 50.3 Å². The van der Waals surface area contributed by atoms with E-state index in [9.17, 15) is 0 Å². The molecule has 1 aromatic heterocycles. The molecule has 1 N–H and O–H groups in total. The van der Waals surface area contributed by atoms with Gasteiger partial charge in [0.1, 0.15) is 0 Å². The summed E-state index contributed by atoms with van der Waals surface area (Å²) in [4.78, 5) is 4.59. The molecule has 1 aliphatic carbocycles. The molecule has 2 nitrogen and oxygen atoms in total. The molecule has 0 aliphatic heterocycles. The van der Waals surface area contributed by atoms with E-state index in [1.54, 1.807) is 0 Å². The van der Waals surface area contributed by atoms with Crippen LogP contribution in [0.4, 0.5) is 0 Å². The van der Waals surface area contributed by atoms with E-state index in [0.29, 0.717) is 12.0 Å². The molecule has 0 aromatic carbocycles. The van der Waals surface area contributed by atoms with Gasteiger partial charge in [-0.3, -0.25) is 4.98 Å². The van der Waals surface area contributed by atoms with Crippen LogP contribution in [0.25, 0.3) is 0 Å². The van der Waals surface area contributed by atoms with Crippen molar-refractivity contribution in [3.63, 3.8) is 0 Å². The first kappa shape index (κ1) is 12.6. The number of aryl methyl sites for hydroxylation is 1. The van der Waals surface area contributed by atoms with Gasteiger partial charge in [0.2, 0.25) is 0 Å². The first-order valence-electron chi connectivity index (χ1n) is 6.89. The monoisotopic (exact) mass is 232 g/mol. The van der Waals surface area contributed by atoms with Crippen LogP contribution in [-0.2, 0) is 6.42 Å². The van der Waals surface area contributed by atoms with Crippen molar-refractivity contribution in [1.82, 2.24) is 10.3 Å². The average Bonchev–Trinajstić information content (AvgIpc) is 2.72. The Balaban J connectivity index is 2.00. The Bertz CT molecular complexity index is 362. The Morgan fingerprint density at radius 2 is 2.29 bits per heavy atom. The van der Waals surface area contributed by atoms with Crippen LogP contribution in [0.5, 0.6) is 0 Å². The highest BCUT2D eigenvalue weighted by molar-refractivity contribution is 5.29. The molecule has 1 heterocycles. The highest BCUT2D eigenvalue weighted by Crippen LogP contribution is 2.38. The average molecular weight is 232 g/mol. The first-order chi connectivity index (χ1) is 8.22. The number of hydrogen-bond acceptors (Lipinski definition) is 2. The zero-order valence-electron chi connectivity index (χ0n) is 11.2. The van der Waals surface area contributed by atoms with Crippen molar-refractivity contribution >= 4 is 0 Å². The van der Waals surface area contributed by atoms with E-state index in [4.69, 9.17) is 0 Å². The summed E-state index contributed by atoms with van der Waals surface area (Å²) in [5, 5.41) is 3.50. The van der Waals surface area contributed by atoms with E-state index >= 15 is 0 Å². The molecule has 2 heteroatoms. The molecule has 1 aliphatic rings. The highest BCUT2D eigenvalue weighted by atomic mass is 14.9. The van der Waals surface area contributed by atoms with Crippen LogP contribution in [0.2, 0.25) is 0 Å². The zero-order valence-corrected chi connectivity index (χ0v) is 11.2. The second kappa shape index (κ2) is 5.63. The predicted octanol–water partition coefficient (Wildman–Crippen LogP) is 3.14. The lowest BCUT2D eigenvalue weighted by Crippen LogP contribution is -2.28. The molecule has 94 valence electrons. The van der Waals surface area contributed by atoms with Crippen molar-refractivity contribution in [1.29, 1.82) is 0 Å². The van der Waals surface area contributed by atoms with Gasteiger partial charge in [0.25, 0.3) is 0 Å². The van der Waals surface area contributed by atoms with Gasteiger partial charge in [-0.15, -0.1) is 0 Å². The van der Waals surface area contributed by atoms with E-state index in [1.807, 2.05) is 6.20 Å². The van der Waals surface area contributed by atoms with Crippen LogP contribution < -0.4 is 5.32 Å². The van der Waals surface area contributed by atoms with Crippen LogP contribution in [0.1, 0.15) is 50.8 Å². The molecule has 0 saturated carbocycles. The molecule has 0 spiro atoms. The van der Waals surface area contributed by atoms with Gasteiger partial charge >= 0.3 is 0 Å². The van der Waals surface area contributed by atoms with E-state index in [2.05, 4.69) is 43.2 Å². The molecule has 0 radical (unpaired) electrons. The van der Waals surface area contributed by atoms with E-state index < -0.39 is 0 Å². The molecule has 0 fully saturated rings. The summed E-state index contributed by atoms with van der Waals surface area (Å²) >= 11 is 0. The maximum atomic E-state index is 4.59. The molecule has 0 saturated heterocycles. The summed E-state index contributed by atoms with van der Waals surface area (Å²) in [5.41, 5.74) is 2.84. The Hall–Kier alpha value is -0.890. The van der Waals surface area contributed by atoms with Gasteiger partial charge in [0, 0.05) is 23.9 Å². The molecular weight excluding hydrogens is 208 g/mol. The van der Waals surface area contributed by atoms with Crippen molar-refractivity contribution in [2.75, 3.05) is 6.54 Å². The van der Waals surface area contributed by atoms with E-state index in [1.165, 1.54) is 30.5 Å². The third-order valence-electron chi connectivity index (χ3n) is 3.97. The van der Waals surface area contributed by atoms with Crippen molar-refractivity contribution in [3.05, 3.63) is 29.6 Å². The molecule has 3 atom stereocenters. The van der Waals surface area contributed by atoms with Crippen molar-refractivity contribution < 1.29 is 0 Å². The third-order valence-corrected chi connectivity index (χ3v) is 3.97. The number of pyridine rings is 1. The molecule has 2 rings (SSSR count). The summed E-state index contributed by atoms with van der Waals surface area (Å²) in [6.45, 7) is 7.90. The lowest BCUT2D eigenvalue weighted by Gasteiger charge is -2.23. The van der Waals surface area contributed by atoms with Crippen LogP contribution in [0.3, 0.4) is 0 Å². The second-order valence-electron chi connectivity index (χ2n) is 5.36. The summed E-state index contributed by atoms with van der Waals surface area (Å²) in [5.74, 6) is 1.40. The van der Waals surface area contributed by atoms with Gasteiger partial charge in [0.15, 0.2) is 0 Å². The first-order valence-corrected chi connectivity index (χ1v) is 6.89. The van der Waals surface area contributed by atoms with Crippen molar-refractivity contribution in [2.24, 2.45) is 5.92 Å². The van der Waals surface area contributed by atoms with Gasteiger partial charge in [-0.25, -0.2) is 0 Å². The number of fused-ring (bicyclic) bond motifs is 1. The Kier molecular flexibility index (Phi) is 4.16. The Morgan fingerprint density at radius 1 is 1.47 bits per heavy atom. The summed E-state index contributed by atoms with van der Waals surface area (Å²) in [6.07, 6.45) is 5.69. The highest BCUT2D eigenvalue weighted by Gasteiger charge is 2.28. The van der Waals surface area contributed by atoms with E-state index in [-0.39, 0.29) is 0 Å².